The summed E-state index contributed by atoms with van der Waals surface area (Å²) in [5.74, 6) is 0.539. The van der Waals surface area contributed by atoms with E-state index in [9.17, 15) is 0 Å². The highest BCUT2D eigenvalue weighted by Crippen LogP contribution is 2.26. The molecule has 0 aliphatic heterocycles. The summed E-state index contributed by atoms with van der Waals surface area (Å²) < 4.78 is 0. The van der Waals surface area contributed by atoms with Gasteiger partial charge in [0.05, 0.1) is 11.7 Å². The average molecular weight is 268 g/mol. The third-order valence-electron chi connectivity index (χ3n) is 3.17. The minimum atomic E-state index is 0.467. The Bertz CT molecular complexity index is 320. The number of nitrogens with zero attached hydrogens (tertiary/aromatic N) is 1. The SMILES string of the molecule is CCCCCC(NCCC)c1nc(C(C)C)cs1. The molecular formula is C15H28N2S. The molecule has 0 amide bonds. The molecule has 104 valence electrons. The molecule has 0 saturated carbocycles. The van der Waals surface area contributed by atoms with E-state index in [1.54, 1.807) is 0 Å². The second-order valence-electron chi connectivity index (χ2n) is 5.27. The Morgan fingerprint density at radius 3 is 2.56 bits per heavy atom. The first kappa shape index (κ1) is 15.6. The molecule has 1 rings (SSSR count). The van der Waals surface area contributed by atoms with Gasteiger partial charge in [-0.3, -0.25) is 0 Å². The summed E-state index contributed by atoms with van der Waals surface area (Å²) in [5, 5.41) is 7.15. The predicted molar refractivity (Wildman–Crippen MR) is 81.4 cm³/mol. The van der Waals surface area contributed by atoms with Gasteiger partial charge in [-0.25, -0.2) is 4.98 Å². The molecule has 1 atom stereocenters. The van der Waals surface area contributed by atoms with Crippen molar-refractivity contribution in [1.82, 2.24) is 10.3 Å². The fourth-order valence-corrected chi connectivity index (χ4v) is 3.05. The number of aromatic nitrogens is 1. The predicted octanol–water partition coefficient (Wildman–Crippen LogP) is 4.89. The smallest absolute Gasteiger partial charge is 0.110 e. The Morgan fingerprint density at radius 2 is 2.00 bits per heavy atom. The number of unbranched alkanes of at least 4 members (excludes halogenated alkanes) is 2. The Hall–Kier alpha value is -0.410. The van der Waals surface area contributed by atoms with Crippen LogP contribution < -0.4 is 5.32 Å². The summed E-state index contributed by atoms with van der Waals surface area (Å²) in [5.41, 5.74) is 1.24. The number of hydrogen-bond donors (Lipinski definition) is 1. The second kappa shape index (κ2) is 8.65. The molecule has 0 saturated heterocycles. The maximum absolute atomic E-state index is 4.80. The van der Waals surface area contributed by atoms with E-state index in [-0.39, 0.29) is 0 Å². The van der Waals surface area contributed by atoms with Gasteiger partial charge in [-0.2, -0.15) is 0 Å². The first-order chi connectivity index (χ1) is 8.69. The lowest BCUT2D eigenvalue weighted by atomic mass is 10.1. The normalized spacial score (nSPS) is 13.2. The van der Waals surface area contributed by atoms with Gasteiger partial charge in [-0.05, 0) is 25.3 Å². The van der Waals surface area contributed by atoms with E-state index in [1.807, 2.05) is 11.3 Å². The summed E-state index contributed by atoms with van der Waals surface area (Å²) in [6.45, 7) is 9.99. The van der Waals surface area contributed by atoms with Crippen molar-refractivity contribution < 1.29 is 0 Å². The maximum atomic E-state index is 4.80. The summed E-state index contributed by atoms with van der Waals surface area (Å²) in [4.78, 5) is 4.80. The lowest BCUT2D eigenvalue weighted by Crippen LogP contribution is -2.22. The molecule has 0 aliphatic carbocycles. The molecule has 18 heavy (non-hydrogen) atoms. The summed E-state index contributed by atoms with van der Waals surface area (Å²) in [6.07, 6.45) is 6.32. The fourth-order valence-electron chi connectivity index (χ4n) is 1.96. The average Bonchev–Trinajstić information content (AvgIpc) is 2.83. The van der Waals surface area contributed by atoms with E-state index in [1.165, 1.54) is 42.8 Å². The van der Waals surface area contributed by atoms with Gasteiger partial charge in [-0.1, -0.05) is 47.0 Å². The molecular weight excluding hydrogens is 240 g/mol. The molecule has 1 aromatic heterocycles. The van der Waals surface area contributed by atoms with Crippen LogP contribution in [0, 0.1) is 0 Å². The molecule has 0 spiro atoms. The maximum Gasteiger partial charge on any atom is 0.110 e. The minimum Gasteiger partial charge on any atom is -0.308 e. The minimum absolute atomic E-state index is 0.467. The molecule has 2 nitrogen and oxygen atoms in total. The van der Waals surface area contributed by atoms with Crippen molar-refractivity contribution in [3.8, 4) is 0 Å². The van der Waals surface area contributed by atoms with Gasteiger partial charge in [0.15, 0.2) is 0 Å². The summed E-state index contributed by atoms with van der Waals surface area (Å²) >= 11 is 1.82. The molecule has 3 heteroatoms. The number of thiazole rings is 1. The largest absolute Gasteiger partial charge is 0.308 e. The lowest BCUT2D eigenvalue weighted by Gasteiger charge is -2.16. The van der Waals surface area contributed by atoms with E-state index in [0.29, 0.717) is 12.0 Å². The van der Waals surface area contributed by atoms with Crippen LogP contribution in [0.5, 0.6) is 0 Å². The zero-order valence-corrected chi connectivity index (χ0v) is 13.1. The van der Waals surface area contributed by atoms with Crippen molar-refractivity contribution in [3.63, 3.8) is 0 Å². The Morgan fingerprint density at radius 1 is 1.22 bits per heavy atom. The standard InChI is InChI=1S/C15H28N2S/c1-5-7-8-9-13(16-10-6-2)15-17-14(11-18-15)12(3)4/h11-13,16H,5-10H2,1-4H3. The second-order valence-corrected chi connectivity index (χ2v) is 6.16. The zero-order chi connectivity index (χ0) is 13.4. The Kier molecular flexibility index (Phi) is 7.52. The molecule has 0 fully saturated rings. The van der Waals surface area contributed by atoms with Crippen LogP contribution in [0.25, 0.3) is 0 Å². The van der Waals surface area contributed by atoms with Crippen molar-refractivity contribution in [3.05, 3.63) is 16.1 Å². The topological polar surface area (TPSA) is 24.9 Å². The van der Waals surface area contributed by atoms with E-state index in [0.717, 1.165) is 6.54 Å². The first-order valence-electron chi connectivity index (χ1n) is 7.37. The first-order valence-corrected chi connectivity index (χ1v) is 8.25. The Labute approximate surface area is 116 Å². The molecule has 1 unspecified atom stereocenters. The van der Waals surface area contributed by atoms with E-state index >= 15 is 0 Å². The highest BCUT2D eigenvalue weighted by atomic mass is 32.1. The molecule has 0 bridgehead atoms. The fraction of sp³-hybridized carbons (Fsp3) is 0.800. The highest BCUT2D eigenvalue weighted by molar-refractivity contribution is 7.09. The van der Waals surface area contributed by atoms with Crippen LogP contribution in [0.3, 0.4) is 0 Å². The van der Waals surface area contributed by atoms with Crippen molar-refractivity contribution in [1.29, 1.82) is 0 Å². The molecule has 1 N–H and O–H groups in total. The molecule has 1 heterocycles. The van der Waals surface area contributed by atoms with Crippen molar-refractivity contribution >= 4 is 11.3 Å². The van der Waals surface area contributed by atoms with Crippen LogP contribution in [0.4, 0.5) is 0 Å². The van der Waals surface area contributed by atoms with Crippen LogP contribution in [-0.4, -0.2) is 11.5 Å². The molecule has 0 aromatic carbocycles. The summed E-state index contributed by atoms with van der Waals surface area (Å²) in [7, 11) is 0. The molecule has 0 aliphatic rings. The van der Waals surface area contributed by atoms with Crippen LogP contribution >= 0.6 is 11.3 Å². The summed E-state index contributed by atoms with van der Waals surface area (Å²) in [6, 6.07) is 0.467. The van der Waals surface area contributed by atoms with Crippen LogP contribution in [0.15, 0.2) is 5.38 Å². The van der Waals surface area contributed by atoms with Crippen LogP contribution in [-0.2, 0) is 0 Å². The number of hydrogen-bond acceptors (Lipinski definition) is 3. The van der Waals surface area contributed by atoms with E-state index in [2.05, 4.69) is 38.4 Å². The number of rotatable bonds is 9. The van der Waals surface area contributed by atoms with Gasteiger partial charge in [0.1, 0.15) is 5.01 Å². The van der Waals surface area contributed by atoms with Crippen molar-refractivity contribution in [2.45, 2.75) is 71.8 Å². The third-order valence-corrected chi connectivity index (χ3v) is 4.14. The van der Waals surface area contributed by atoms with E-state index < -0.39 is 0 Å². The molecule has 0 radical (unpaired) electrons. The quantitative estimate of drug-likeness (QED) is 0.645. The zero-order valence-electron chi connectivity index (χ0n) is 12.3. The van der Waals surface area contributed by atoms with Crippen LogP contribution in [0.1, 0.15) is 82.5 Å². The van der Waals surface area contributed by atoms with Gasteiger partial charge in [-0.15, -0.1) is 11.3 Å². The van der Waals surface area contributed by atoms with Gasteiger partial charge in [0, 0.05) is 5.38 Å². The Balaban J connectivity index is 2.61. The van der Waals surface area contributed by atoms with Crippen molar-refractivity contribution in [2.75, 3.05) is 6.54 Å². The monoisotopic (exact) mass is 268 g/mol. The van der Waals surface area contributed by atoms with Crippen LogP contribution in [0.2, 0.25) is 0 Å². The lowest BCUT2D eigenvalue weighted by molar-refractivity contribution is 0.472. The van der Waals surface area contributed by atoms with E-state index in [4.69, 9.17) is 4.98 Å². The third kappa shape index (κ3) is 5.07. The van der Waals surface area contributed by atoms with Crippen molar-refractivity contribution in [2.24, 2.45) is 0 Å². The molecule has 1 aromatic rings. The van der Waals surface area contributed by atoms with Gasteiger partial charge < -0.3 is 5.32 Å². The number of nitrogens with one attached hydrogen (secondary N) is 1. The van der Waals surface area contributed by atoms with Gasteiger partial charge in [0.2, 0.25) is 0 Å². The highest BCUT2D eigenvalue weighted by Gasteiger charge is 2.15. The van der Waals surface area contributed by atoms with Gasteiger partial charge in [0.25, 0.3) is 0 Å². The van der Waals surface area contributed by atoms with Gasteiger partial charge >= 0.3 is 0 Å².